The van der Waals surface area contributed by atoms with Crippen molar-refractivity contribution in [2.75, 3.05) is 26.1 Å². The van der Waals surface area contributed by atoms with Gasteiger partial charge in [-0.15, -0.1) is 11.3 Å². The lowest BCUT2D eigenvalue weighted by molar-refractivity contribution is -0.383. The van der Waals surface area contributed by atoms with Crippen molar-refractivity contribution in [2.24, 2.45) is 0 Å². The lowest BCUT2D eigenvalue weighted by Crippen LogP contribution is -2.42. The molecule has 1 aromatic heterocycles. The van der Waals surface area contributed by atoms with Gasteiger partial charge in [0.1, 0.15) is 5.69 Å². The number of hydrogen-bond donors (Lipinski definition) is 1. The Morgan fingerprint density at radius 1 is 1.16 bits per heavy atom. The van der Waals surface area contributed by atoms with Crippen LogP contribution in [0.1, 0.15) is 22.0 Å². The topological polar surface area (TPSA) is 93.9 Å². The molecule has 160 valence electrons. The summed E-state index contributed by atoms with van der Waals surface area (Å²) < 4.78 is 10.9. The second-order valence-electron chi connectivity index (χ2n) is 6.97. The van der Waals surface area contributed by atoms with Crippen LogP contribution in [0, 0.1) is 10.1 Å². The summed E-state index contributed by atoms with van der Waals surface area (Å²) in [5.41, 5.74) is 2.04. The van der Waals surface area contributed by atoms with E-state index in [0.717, 1.165) is 16.0 Å². The largest absolute Gasteiger partial charge is 0.493 e. The monoisotopic (exact) mass is 439 g/mol. The van der Waals surface area contributed by atoms with E-state index < -0.39 is 11.0 Å². The first kappa shape index (κ1) is 20.7. The van der Waals surface area contributed by atoms with Crippen molar-refractivity contribution in [3.63, 3.8) is 0 Å². The van der Waals surface area contributed by atoms with E-state index in [4.69, 9.17) is 9.47 Å². The van der Waals surface area contributed by atoms with Crippen molar-refractivity contribution < 1.29 is 19.2 Å². The summed E-state index contributed by atoms with van der Waals surface area (Å²) in [5.74, 6) is 1.23. The van der Waals surface area contributed by atoms with Gasteiger partial charge in [0, 0.05) is 17.5 Å². The van der Waals surface area contributed by atoms with Crippen molar-refractivity contribution >= 4 is 28.7 Å². The van der Waals surface area contributed by atoms with Gasteiger partial charge in [0.05, 0.1) is 25.2 Å². The van der Waals surface area contributed by atoms with E-state index in [2.05, 4.69) is 5.32 Å². The zero-order chi connectivity index (χ0) is 22.0. The number of nitro benzene ring substituents is 1. The molecule has 1 atom stereocenters. The summed E-state index contributed by atoms with van der Waals surface area (Å²) in [6.45, 7) is 0.456. The van der Waals surface area contributed by atoms with Gasteiger partial charge in [-0.2, -0.15) is 0 Å². The summed E-state index contributed by atoms with van der Waals surface area (Å²) in [6.07, 6.45) is 0.627. The van der Waals surface area contributed by atoms with Crippen LogP contribution >= 0.6 is 11.3 Å². The van der Waals surface area contributed by atoms with Crippen LogP contribution < -0.4 is 14.8 Å². The smallest absolute Gasteiger partial charge is 0.322 e. The van der Waals surface area contributed by atoms with Crippen LogP contribution in [-0.2, 0) is 6.42 Å². The number of thiophene rings is 1. The minimum atomic E-state index is -0.505. The number of carbonyl (C=O) groups excluding carboxylic acids is 1. The Kier molecular flexibility index (Phi) is 5.77. The molecule has 2 heterocycles. The molecule has 2 aromatic carbocycles. The molecule has 0 radical (unpaired) electrons. The highest BCUT2D eigenvalue weighted by atomic mass is 32.1. The van der Waals surface area contributed by atoms with Crippen LogP contribution in [-0.4, -0.2) is 36.6 Å². The van der Waals surface area contributed by atoms with Crippen LogP contribution in [0.2, 0.25) is 0 Å². The van der Waals surface area contributed by atoms with Gasteiger partial charge < -0.3 is 19.7 Å². The number of carbonyl (C=O) groups is 1. The Morgan fingerprint density at radius 2 is 1.90 bits per heavy atom. The number of benzene rings is 2. The highest BCUT2D eigenvalue weighted by molar-refractivity contribution is 7.10. The van der Waals surface area contributed by atoms with Gasteiger partial charge in [0.15, 0.2) is 11.5 Å². The first-order valence-corrected chi connectivity index (χ1v) is 10.5. The van der Waals surface area contributed by atoms with E-state index in [-0.39, 0.29) is 17.4 Å². The maximum absolute atomic E-state index is 13.3. The molecule has 1 unspecified atom stereocenters. The van der Waals surface area contributed by atoms with Crippen molar-refractivity contribution in [2.45, 2.75) is 12.5 Å². The molecular formula is C22H21N3O5S. The van der Waals surface area contributed by atoms with E-state index in [1.165, 1.54) is 12.1 Å². The van der Waals surface area contributed by atoms with Crippen molar-refractivity contribution in [1.82, 2.24) is 4.90 Å². The predicted molar refractivity (Wildman–Crippen MR) is 118 cm³/mol. The fraction of sp³-hybridized carbons (Fsp3) is 0.227. The van der Waals surface area contributed by atoms with Crippen LogP contribution in [0.4, 0.5) is 16.2 Å². The average Bonchev–Trinajstić information content (AvgIpc) is 3.31. The molecule has 0 saturated heterocycles. The number of methoxy groups -OCH3 is 2. The SMILES string of the molecule is COc1cc2c(cc1OC)C(c1cccs1)N(C(=O)Nc1ccccc1[N+](=O)[O-])CC2. The third-order valence-corrected chi connectivity index (χ3v) is 6.21. The van der Waals surface area contributed by atoms with E-state index in [1.807, 2.05) is 29.6 Å². The third kappa shape index (κ3) is 3.91. The maximum atomic E-state index is 13.3. The number of rotatable bonds is 5. The number of hydrogen-bond acceptors (Lipinski definition) is 6. The first-order valence-electron chi connectivity index (χ1n) is 9.62. The van der Waals surface area contributed by atoms with Crippen LogP contribution in [0.15, 0.2) is 53.9 Å². The summed E-state index contributed by atoms with van der Waals surface area (Å²) >= 11 is 1.55. The molecule has 9 heteroatoms. The quantitative estimate of drug-likeness (QED) is 0.453. The Morgan fingerprint density at radius 3 is 2.58 bits per heavy atom. The fourth-order valence-electron chi connectivity index (χ4n) is 3.84. The molecular weight excluding hydrogens is 418 g/mol. The van der Waals surface area contributed by atoms with Crippen molar-refractivity contribution in [3.05, 3.63) is 80.0 Å². The molecule has 0 spiro atoms. The summed E-state index contributed by atoms with van der Waals surface area (Å²) in [6, 6.07) is 13.2. The van der Waals surface area contributed by atoms with E-state index in [9.17, 15) is 14.9 Å². The van der Waals surface area contributed by atoms with E-state index in [1.54, 1.807) is 42.6 Å². The second kappa shape index (κ2) is 8.65. The molecule has 2 amide bonds. The molecule has 1 N–H and O–H groups in total. The molecule has 8 nitrogen and oxygen atoms in total. The second-order valence-corrected chi connectivity index (χ2v) is 7.95. The molecule has 1 aliphatic heterocycles. The van der Waals surface area contributed by atoms with Gasteiger partial charge in [-0.05, 0) is 47.2 Å². The highest BCUT2D eigenvalue weighted by Gasteiger charge is 2.34. The van der Waals surface area contributed by atoms with Crippen molar-refractivity contribution in [1.29, 1.82) is 0 Å². The number of fused-ring (bicyclic) bond motifs is 1. The number of amides is 2. The summed E-state index contributed by atoms with van der Waals surface area (Å²) in [7, 11) is 3.17. The number of nitro groups is 1. The normalized spacial score (nSPS) is 15.2. The van der Waals surface area contributed by atoms with Gasteiger partial charge in [0.25, 0.3) is 5.69 Å². The molecule has 31 heavy (non-hydrogen) atoms. The Bertz CT molecular complexity index is 1120. The summed E-state index contributed by atoms with van der Waals surface area (Å²) in [4.78, 5) is 26.8. The molecule has 0 bridgehead atoms. The van der Waals surface area contributed by atoms with Crippen LogP contribution in [0.5, 0.6) is 11.5 Å². The fourth-order valence-corrected chi connectivity index (χ4v) is 4.70. The third-order valence-electron chi connectivity index (χ3n) is 5.29. The number of anilines is 1. The number of nitrogens with zero attached hydrogens (tertiary/aromatic N) is 2. The minimum Gasteiger partial charge on any atom is -0.493 e. The van der Waals surface area contributed by atoms with Crippen LogP contribution in [0.3, 0.4) is 0 Å². The summed E-state index contributed by atoms with van der Waals surface area (Å²) in [5, 5.41) is 16.0. The predicted octanol–water partition coefficient (Wildman–Crippen LogP) is 4.85. The van der Waals surface area contributed by atoms with Crippen molar-refractivity contribution in [3.8, 4) is 11.5 Å². The maximum Gasteiger partial charge on any atom is 0.322 e. The molecule has 1 aliphatic rings. The molecule has 4 rings (SSSR count). The number of ether oxygens (including phenoxy) is 2. The Labute approximate surface area is 183 Å². The number of para-hydroxylation sites is 2. The van der Waals surface area contributed by atoms with Gasteiger partial charge >= 0.3 is 6.03 Å². The highest BCUT2D eigenvalue weighted by Crippen LogP contribution is 2.42. The zero-order valence-electron chi connectivity index (χ0n) is 17.0. The zero-order valence-corrected chi connectivity index (χ0v) is 17.8. The van der Waals surface area contributed by atoms with Gasteiger partial charge in [0.2, 0.25) is 0 Å². The Balaban J connectivity index is 1.73. The molecule has 3 aromatic rings. The lowest BCUT2D eigenvalue weighted by Gasteiger charge is -2.37. The van der Waals surface area contributed by atoms with Crippen LogP contribution in [0.25, 0.3) is 0 Å². The number of urea groups is 1. The Hall–Kier alpha value is -3.59. The minimum absolute atomic E-state index is 0.146. The van der Waals surface area contributed by atoms with Gasteiger partial charge in [-0.1, -0.05) is 18.2 Å². The standard InChI is InChI=1S/C22H21N3O5S/c1-29-18-12-14-9-10-24(22(26)23-16-6-3-4-7-17(16)25(27)28)21(20-8-5-11-31-20)15(14)13-19(18)30-2/h3-8,11-13,21H,9-10H2,1-2H3,(H,23,26). The van der Waals surface area contributed by atoms with Gasteiger partial charge in [-0.3, -0.25) is 10.1 Å². The number of nitrogens with one attached hydrogen (secondary N) is 1. The van der Waals surface area contributed by atoms with E-state index >= 15 is 0 Å². The first-order chi connectivity index (χ1) is 15.0. The molecule has 0 saturated carbocycles. The molecule has 0 aliphatic carbocycles. The van der Waals surface area contributed by atoms with Gasteiger partial charge in [-0.25, -0.2) is 4.79 Å². The lowest BCUT2D eigenvalue weighted by atomic mass is 9.91. The van der Waals surface area contributed by atoms with E-state index in [0.29, 0.717) is 24.5 Å². The average molecular weight is 439 g/mol. The molecule has 0 fully saturated rings.